The fraction of sp³-hybridized carbons (Fsp3) is 0.117. The van der Waals surface area contributed by atoms with Gasteiger partial charge in [0.1, 0.15) is 41.8 Å². The van der Waals surface area contributed by atoms with Crippen LogP contribution in [0, 0.1) is 0 Å². The van der Waals surface area contributed by atoms with E-state index in [1.165, 1.54) is 22.4 Å². The summed E-state index contributed by atoms with van der Waals surface area (Å²) >= 11 is 1.13. The molecule has 0 radical (unpaired) electrons. The Morgan fingerprint density at radius 2 is 1.14 bits per heavy atom. The first kappa shape index (κ1) is 52.2. The zero-order chi connectivity index (χ0) is 54.1. The van der Waals surface area contributed by atoms with E-state index in [9.17, 15) is 31.7 Å². The molecule has 2 aromatic heterocycles. The Hall–Kier alpha value is -9.23. The van der Waals surface area contributed by atoms with Gasteiger partial charge in [-0.3, -0.25) is 18.9 Å². The molecule has 3 N–H and O–H groups in total. The normalized spacial score (nSPS) is 14.6. The van der Waals surface area contributed by atoms with E-state index >= 15 is 0 Å². The first-order chi connectivity index (χ1) is 38.0. The lowest BCUT2D eigenvalue weighted by Crippen LogP contribution is -2.73. The SMILES string of the molecule is O=C(NC1C(=O)N(S(=O)(=O)O)C1CF)C(=NOCc1cc(=O)c(OC(c2ccccc2)c2ccccc2)cn1OC(c1ccccc1)c1ccccc1)c1csc(NC(c2ccccc2)(c2ccccc2)c2ccccc2)n1. The molecule has 1 saturated heterocycles. The number of thiazole rings is 1. The van der Waals surface area contributed by atoms with Gasteiger partial charge in [-0.1, -0.05) is 217 Å². The van der Waals surface area contributed by atoms with Crippen LogP contribution < -0.4 is 25.6 Å². The number of pyridine rings is 1. The third-order valence-corrected chi connectivity index (χ3v) is 14.7. The molecule has 9 aromatic rings. The smallest absolute Gasteiger partial charge is 0.362 e. The average molecular weight is 1080 g/mol. The molecular weight excluding hydrogens is 1030 g/mol. The van der Waals surface area contributed by atoms with E-state index in [1.807, 2.05) is 212 Å². The lowest BCUT2D eigenvalue weighted by atomic mass is 9.77. The summed E-state index contributed by atoms with van der Waals surface area (Å²) in [5, 5.41) is 12.2. The molecule has 18 heteroatoms. The van der Waals surface area contributed by atoms with Crippen molar-refractivity contribution >= 4 is 44.3 Å². The second kappa shape index (κ2) is 23.3. The van der Waals surface area contributed by atoms with Crippen LogP contribution in [0.4, 0.5) is 9.52 Å². The number of carbonyl (C=O) groups excluding carboxylic acids is 2. The number of β-lactam (4-membered cyclic amide) rings is 1. The summed E-state index contributed by atoms with van der Waals surface area (Å²) in [7, 11) is -5.17. The lowest BCUT2D eigenvalue weighted by Gasteiger charge is -2.42. The van der Waals surface area contributed by atoms with Crippen molar-refractivity contribution in [2.75, 3.05) is 12.0 Å². The zero-order valence-corrected chi connectivity index (χ0v) is 43.0. The van der Waals surface area contributed by atoms with Crippen molar-refractivity contribution < 1.29 is 41.4 Å². The maximum absolute atomic E-state index is 14.5. The molecule has 2 unspecified atom stereocenters. The molecular formula is C60H49FN6O9S2. The van der Waals surface area contributed by atoms with Gasteiger partial charge in [0.05, 0.1) is 6.20 Å². The van der Waals surface area contributed by atoms with Gasteiger partial charge in [-0.25, -0.2) is 13.7 Å². The Bertz CT molecular complexity index is 3520. The highest BCUT2D eigenvalue weighted by molar-refractivity contribution is 7.84. The van der Waals surface area contributed by atoms with Gasteiger partial charge < -0.3 is 25.0 Å². The second-order valence-electron chi connectivity index (χ2n) is 18.0. The van der Waals surface area contributed by atoms with Crippen LogP contribution in [0.1, 0.15) is 62.5 Å². The fourth-order valence-electron chi connectivity index (χ4n) is 9.30. The molecule has 2 atom stereocenters. The third-order valence-electron chi connectivity index (χ3n) is 13.0. The van der Waals surface area contributed by atoms with Crippen LogP contribution in [0.15, 0.2) is 240 Å². The summed E-state index contributed by atoms with van der Waals surface area (Å²) in [5.41, 5.74) is 3.68. The number of aromatic nitrogens is 2. The van der Waals surface area contributed by atoms with Gasteiger partial charge in [0.2, 0.25) is 5.43 Å². The predicted molar refractivity (Wildman–Crippen MR) is 294 cm³/mol. The Labute approximate surface area is 452 Å². The van der Waals surface area contributed by atoms with Gasteiger partial charge in [0.15, 0.2) is 29.3 Å². The molecule has 3 heterocycles. The first-order valence-corrected chi connectivity index (χ1v) is 26.9. The van der Waals surface area contributed by atoms with E-state index in [2.05, 4.69) is 15.8 Å². The number of hydrogen-bond donors (Lipinski definition) is 3. The monoisotopic (exact) mass is 1080 g/mol. The summed E-state index contributed by atoms with van der Waals surface area (Å²) in [6.45, 7) is -1.93. The number of nitrogens with zero attached hydrogens (tertiary/aromatic N) is 4. The minimum Gasteiger partial charge on any atom is -0.475 e. The first-order valence-electron chi connectivity index (χ1n) is 24.6. The van der Waals surface area contributed by atoms with Crippen LogP contribution in [-0.2, 0) is 36.9 Å². The quantitative estimate of drug-likeness (QED) is 0.0204. The molecule has 15 nitrogen and oxygen atoms in total. The van der Waals surface area contributed by atoms with Crippen molar-refractivity contribution in [1.82, 2.24) is 19.3 Å². The molecule has 2 amide bonds. The van der Waals surface area contributed by atoms with Crippen molar-refractivity contribution in [2.45, 2.75) is 36.4 Å². The van der Waals surface area contributed by atoms with Gasteiger partial charge in [-0.05, 0) is 38.9 Å². The van der Waals surface area contributed by atoms with Crippen molar-refractivity contribution in [3.63, 3.8) is 0 Å². The number of anilines is 1. The Morgan fingerprint density at radius 1 is 0.692 bits per heavy atom. The van der Waals surface area contributed by atoms with Crippen LogP contribution in [0.3, 0.4) is 0 Å². The highest BCUT2D eigenvalue weighted by atomic mass is 32.2. The minimum absolute atomic E-state index is 0.0425. The number of carbonyl (C=O) groups is 2. The fourth-order valence-corrected chi connectivity index (χ4v) is 10.9. The van der Waals surface area contributed by atoms with Gasteiger partial charge in [0, 0.05) is 11.4 Å². The maximum atomic E-state index is 14.5. The number of halogens is 1. The van der Waals surface area contributed by atoms with Gasteiger partial charge in [0.25, 0.3) is 11.8 Å². The molecule has 10 rings (SSSR count). The molecule has 0 spiro atoms. The third kappa shape index (κ3) is 11.2. The number of alkyl halides is 1. The minimum atomic E-state index is -5.17. The lowest BCUT2D eigenvalue weighted by molar-refractivity contribution is -0.145. The highest BCUT2D eigenvalue weighted by Gasteiger charge is 2.54. The molecule has 0 bridgehead atoms. The summed E-state index contributed by atoms with van der Waals surface area (Å²) in [4.78, 5) is 59.6. The van der Waals surface area contributed by atoms with E-state index in [0.29, 0.717) is 5.13 Å². The standard InChI is InChI=1S/C60H49FN6O9S2/c61-37-50-54(58(70)67(50)78(71,72)73)63-57(69)53(49-40-77-59(62-49)64-60(45-30-16-5-17-31-45,46-32-18-6-19-33-46)47-34-20-7-21-35-47)65-74-39-48-36-51(68)52(75-55(41-22-8-1-9-23-41)42-24-10-2-11-25-42)38-66(48)76-56(43-26-12-3-13-27-43)44-28-14-4-15-29-44/h1-36,38,40,50,54-56H,37,39H2,(H,62,64)(H,63,69)(H,71,72,73). The molecule has 1 fully saturated rings. The molecule has 1 aliphatic heterocycles. The molecule has 1 aliphatic rings. The number of rotatable bonds is 21. The van der Waals surface area contributed by atoms with Crippen molar-refractivity contribution in [1.29, 1.82) is 0 Å². The van der Waals surface area contributed by atoms with Crippen LogP contribution in [0.25, 0.3) is 0 Å². The van der Waals surface area contributed by atoms with Crippen LogP contribution in [0.5, 0.6) is 5.75 Å². The Morgan fingerprint density at radius 3 is 1.59 bits per heavy atom. The largest absolute Gasteiger partial charge is 0.475 e. The Balaban J connectivity index is 1.04. The van der Waals surface area contributed by atoms with E-state index < -0.39 is 76.4 Å². The van der Waals surface area contributed by atoms with Crippen LogP contribution in [-0.4, -0.2) is 63.3 Å². The number of oxime groups is 1. The molecule has 7 aromatic carbocycles. The van der Waals surface area contributed by atoms with Gasteiger partial charge >= 0.3 is 10.3 Å². The van der Waals surface area contributed by atoms with Gasteiger partial charge in [-0.2, -0.15) is 13.1 Å². The topological polar surface area (TPSA) is 191 Å². The number of nitrogens with one attached hydrogen (secondary N) is 2. The van der Waals surface area contributed by atoms with E-state index in [4.69, 9.17) is 19.4 Å². The van der Waals surface area contributed by atoms with E-state index in [1.54, 1.807) is 0 Å². The number of hydrogen-bond acceptors (Lipinski definition) is 12. The van der Waals surface area contributed by atoms with Crippen LogP contribution >= 0.6 is 11.3 Å². The summed E-state index contributed by atoms with van der Waals surface area (Å²) in [6.07, 6.45) is -0.0280. The predicted octanol–water partition coefficient (Wildman–Crippen LogP) is 9.48. The summed E-state index contributed by atoms with van der Waals surface area (Å²) < 4.78 is 56.1. The second-order valence-corrected chi connectivity index (χ2v) is 20.1. The van der Waals surface area contributed by atoms with Crippen LogP contribution in [0.2, 0.25) is 0 Å². The van der Waals surface area contributed by atoms with E-state index in [0.717, 1.165) is 50.3 Å². The summed E-state index contributed by atoms with van der Waals surface area (Å²) in [6, 6.07) is 64.7. The zero-order valence-electron chi connectivity index (χ0n) is 41.4. The number of ether oxygens (including phenoxy) is 1. The number of benzene rings is 7. The van der Waals surface area contributed by atoms with Crippen molar-refractivity contribution in [3.8, 4) is 5.75 Å². The molecule has 0 saturated carbocycles. The maximum Gasteiger partial charge on any atom is 0.362 e. The summed E-state index contributed by atoms with van der Waals surface area (Å²) in [5.74, 6) is -2.44. The molecule has 78 heavy (non-hydrogen) atoms. The Kier molecular flexibility index (Phi) is 15.6. The average Bonchev–Trinajstić information content (AvgIpc) is 4.09. The highest BCUT2D eigenvalue weighted by Crippen LogP contribution is 2.41. The number of amides is 2. The van der Waals surface area contributed by atoms with E-state index in [-0.39, 0.29) is 21.4 Å². The van der Waals surface area contributed by atoms with Crippen molar-refractivity contribution in [2.24, 2.45) is 5.16 Å². The molecule has 392 valence electrons. The molecule has 0 aliphatic carbocycles. The van der Waals surface area contributed by atoms with Gasteiger partial charge in [-0.15, -0.1) is 11.3 Å². The van der Waals surface area contributed by atoms with Crippen molar-refractivity contribution in [3.05, 3.63) is 291 Å².